The number of aromatic nitrogens is 2. The number of hydrogen-bond donors (Lipinski definition) is 0. The molecule has 0 saturated heterocycles. The van der Waals surface area contributed by atoms with E-state index in [1.54, 1.807) is 20.8 Å². The monoisotopic (exact) mass is 272 g/mol. The number of carbonyl (C=O) groups is 1. The molecule has 1 aliphatic heterocycles. The number of rotatable bonds is 1. The first kappa shape index (κ1) is 13.0. The van der Waals surface area contributed by atoms with E-state index >= 15 is 0 Å². The summed E-state index contributed by atoms with van der Waals surface area (Å²) in [6.07, 6.45) is 0.768. The van der Waals surface area contributed by atoms with Gasteiger partial charge in [0.1, 0.15) is 11.9 Å². The minimum atomic E-state index is -2.40. The van der Waals surface area contributed by atoms with Crippen LogP contribution in [0.15, 0.2) is 6.33 Å². The highest BCUT2D eigenvalue weighted by molar-refractivity contribution is 7.77. The molecule has 7 nitrogen and oxygen atoms in total. The maximum atomic E-state index is 11.8. The van der Waals surface area contributed by atoms with E-state index < -0.39 is 23.0 Å². The molecule has 18 heavy (non-hydrogen) atoms. The van der Waals surface area contributed by atoms with Gasteiger partial charge in [0.05, 0.1) is 35.7 Å². The lowest BCUT2D eigenvalue weighted by atomic mass is 10.2. The van der Waals surface area contributed by atoms with Gasteiger partial charge in [0, 0.05) is 0 Å². The Kier molecular flexibility index (Phi) is 3.16. The van der Waals surface area contributed by atoms with Gasteiger partial charge in [0.15, 0.2) is 0 Å². The van der Waals surface area contributed by atoms with E-state index in [-0.39, 0.29) is 13.1 Å². The molecule has 0 aliphatic carbocycles. The number of fused-ring (bicyclic) bond motifs is 1. The van der Waals surface area contributed by atoms with Crippen molar-refractivity contribution in [3.8, 4) is 0 Å². The summed E-state index contributed by atoms with van der Waals surface area (Å²) < 4.78 is 28.1. The number of nitrogens with zero attached hydrogens (tertiary/aromatic N) is 3. The average Bonchev–Trinajstić information content (AvgIpc) is 2.70. The first-order chi connectivity index (χ1) is 8.28. The summed E-state index contributed by atoms with van der Waals surface area (Å²) in [5, 5.41) is 0. The van der Waals surface area contributed by atoms with Gasteiger partial charge in [-0.1, -0.05) is 0 Å². The molecule has 1 aromatic heterocycles. The molecule has 0 bridgehead atoms. The Morgan fingerprint density at radius 1 is 1.50 bits per heavy atom. The van der Waals surface area contributed by atoms with E-state index in [0.29, 0.717) is 11.4 Å². The van der Waals surface area contributed by atoms with E-state index in [1.165, 1.54) is 11.2 Å². The van der Waals surface area contributed by atoms with Crippen molar-refractivity contribution in [3.63, 3.8) is 0 Å². The van der Waals surface area contributed by atoms with E-state index in [4.69, 9.17) is 4.74 Å². The normalized spacial score (nSPS) is 16.6. The highest BCUT2D eigenvalue weighted by Gasteiger charge is 2.30. The molecule has 1 aromatic rings. The standard InChI is InChI=1S/C10H15N3O4S/c1-10(2,3)17-9(14)12-4-7-8(5-12)13(6-11-7)18(15)16/h6H,4-5H2,1-3H3,(H,15,16)/p-1. The second kappa shape index (κ2) is 4.36. The summed E-state index contributed by atoms with van der Waals surface area (Å²) in [4.78, 5) is 17.2. The van der Waals surface area contributed by atoms with Crippen LogP contribution < -0.4 is 0 Å². The summed E-state index contributed by atoms with van der Waals surface area (Å²) in [6, 6.07) is 0. The third kappa shape index (κ3) is 2.54. The van der Waals surface area contributed by atoms with Crippen molar-refractivity contribution in [1.82, 2.24) is 13.9 Å². The minimum absolute atomic E-state index is 0.193. The summed E-state index contributed by atoms with van der Waals surface area (Å²) in [7, 11) is 0. The number of imidazole rings is 1. The zero-order valence-corrected chi connectivity index (χ0v) is 11.2. The second-order valence-electron chi connectivity index (χ2n) is 5.02. The fourth-order valence-electron chi connectivity index (χ4n) is 1.69. The summed E-state index contributed by atoms with van der Waals surface area (Å²) in [5.74, 6) is 0. The largest absolute Gasteiger partial charge is 0.755 e. The molecule has 0 spiro atoms. The van der Waals surface area contributed by atoms with Crippen molar-refractivity contribution < 1.29 is 18.3 Å². The molecular formula is C10H14N3O4S-. The highest BCUT2D eigenvalue weighted by atomic mass is 32.2. The van der Waals surface area contributed by atoms with Crippen LogP contribution >= 0.6 is 0 Å². The van der Waals surface area contributed by atoms with Gasteiger partial charge >= 0.3 is 6.09 Å². The lowest BCUT2D eigenvalue weighted by Gasteiger charge is -2.24. The molecule has 0 fully saturated rings. The Morgan fingerprint density at radius 3 is 2.72 bits per heavy atom. The van der Waals surface area contributed by atoms with Crippen molar-refractivity contribution in [2.75, 3.05) is 0 Å². The molecule has 1 unspecified atom stereocenters. The van der Waals surface area contributed by atoms with Crippen molar-refractivity contribution in [2.45, 2.75) is 39.5 Å². The third-order valence-corrected chi connectivity index (χ3v) is 3.05. The molecule has 0 N–H and O–H groups in total. The van der Waals surface area contributed by atoms with Crippen LogP contribution in [0, 0.1) is 0 Å². The predicted octanol–water partition coefficient (Wildman–Crippen LogP) is 0.776. The van der Waals surface area contributed by atoms with E-state index in [2.05, 4.69) is 4.98 Å². The van der Waals surface area contributed by atoms with Gasteiger partial charge in [0.2, 0.25) is 0 Å². The Balaban J connectivity index is 2.11. The van der Waals surface area contributed by atoms with Crippen LogP contribution in [0.5, 0.6) is 0 Å². The van der Waals surface area contributed by atoms with Crippen molar-refractivity contribution in [3.05, 3.63) is 17.7 Å². The first-order valence-corrected chi connectivity index (χ1v) is 6.44. The quantitative estimate of drug-likeness (QED) is 0.705. The predicted molar refractivity (Wildman–Crippen MR) is 62.0 cm³/mol. The molecule has 2 heterocycles. The van der Waals surface area contributed by atoms with E-state index in [0.717, 1.165) is 3.97 Å². The van der Waals surface area contributed by atoms with Crippen molar-refractivity contribution in [1.29, 1.82) is 0 Å². The van der Waals surface area contributed by atoms with E-state index in [1.807, 2.05) is 0 Å². The second-order valence-corrected chi connectivity index (χ2v) is 5.84. The lowest BCUT2D eigenvalue weighted by molar-refractivity contribution is 0.0238. The number of hydrogen-bond acceptors (Lipinski definition) is 5. The SMILES string of the molecule is CC(C)(C)OC(=O)N1Cc2ncn(S(=O)[O-])c2C1. The van der Waals surface area contributed by atoms with Crippen LogP contribution in [0.4, 0.5) is 4.79 Å². The molecule has 1 aliphatic rings. The zero-order valence-electron chi connectivity index (χ0n) is 10.4. The van der Waals surface area contributed by atoms with Crippen LogP contribution in [-0.4, -0.2) is 34.3 Å². The first-order valence-electron chi connectivity index (χ1n) is 5.41. The van der Waals surface area contributed by atoms with Crippen LogP contribution in [0.1, 0.15) is 32.2 Å². The fourth-order valence-corrected chi connectivity index (χ4v) is 2.16. The molecule has 0 aromatic carbocycles. The summed E-state index contributed by atoms with van der Waals surface area (Å²) in [6.45, 7) is 5.80. The zero-order chi connectivity index (χ0) is 13.5. The van der Waals surface area contributed by atoms with Gasteiger partial charge in [-0.3, -0.25) is 13.1 Å². The van der Waals surface area contributed by atoms with Crippen molar-refractivity contribution >= 4 is 17.4 Å². The third-order valence-electron chi connectivity index (χ3n) is 2.41. The molecule has 1 amide bonds. The molecule has 8 heteroatoms. The van der Waals surface area contributed by atoms with Gasteiger partial charge < -0.3 is 9.29 Å². The molecule has 2 rings (SSSR count). The summed E-state index contributed by atoms with van der Waals surface area (Å²) >= 11 is -2.40. The Morgan fingerprint density at radius 2 is 2.17 bits per heavy atom. The van der Waals surface area contributed by atoms with Crippen molar-refractivity contribution in [2.24, 2.45) is 0 Å². The van der Waals surface area contributed by atoms with Crippen LogP contribution in [0.25, 0.3) is 0 Å². The van der Waals surface area contributed by atoms with Crippen LogP contribution in [0.3, 0.4) is 0 Å². The molecular weight excluding hydrogens is 258 g/mol. The number of carbonyl (C=O) groups excluding carboxylic acids is 1. The van der Waals surface area contributed by atoms with E-state index in [9.17, 15) is 13.6 Å². The number of ether oxygens (including phenoxy) is 1. The van der Waals surface area contributed by atoms with Gasteiger partial charge in [-0.2, -0.15) is 0 Å². The van der Waals surface area contributed by atoms with Gasteiger partial charge in [-0.15, -0.1) is 0 Å². The molecule has 0 radical (unpaired) electrons. The molecule has 1 atom stereocenters. The maximum absolute atomic E-state index is 11.8. The van der Waals surface area contributed by atoms with Gasteiger partial charge in [-0.05, 0) is 20.8 Å². The average molecular weight is 272 g/mol. The van der Waals surface area contributed by atoms with Gasteiger partial charge in [0.25, 0.3) is 0 Å². The molecule has 0 saturated carbocycles. The summed E-state index contributed by atoms with van der Waals surface area (Å²) in [5.41, 5.74) is 0.522. The Labute approximate surface area is 107 Å². The lowest BCUT2D eigenvalue weighted by Crippen LogP contribution is -2.33. The van der Waals surface area contributed by atoms with Crippen LogP contribution in [-0.2, 0) is 29.1 Å². The van der Waals surface area contributed by atoms with Crippen LogP contribution in [0.2, 0.25) is 0 Å². The maximum Gasteiger partial charge on any atom is 0.410 e. The molecule has 100 valence electrons. The Hall–Kier alpha value is -1.41. The smallest absolute Gasteiger partial charge is 0.410 e. The topological polar surface area (TPSA) is 87.5 Å². The fraction of sp³-hybridized carbons (Fsp3) is 0.600. The number of amides is 1. The minimum Gasteiger partial charge on any atom is -0.755 e. The Bertz CT molecular complexity index is 506. The van der Waals surface area contributed by atoms with Gasteiger partial charge in [-0.25, -0.2) is 9.78 Å². The highest BCUT2D eigenvalue weighted by Crippen LogP contribution is 2.23.